The van der Waals surface area contributed by atoms with E-state index in [1.165, 1.54) is 22.4 Å². The van der Waals surface area contributed by atoms with E-state index >= 15 is 0 Å². The fourth-order valence-corrected chi connectivity index (χ4v) is 4.90. The molecular formula is C27H27N3. The highest BCUT2D eigenvalue weighted by atomic mass is 15.1. The molecule has 4 aromatic rings. The number of nitrogens with one attached hydrogen (secondary N) is 1. The van der Waals surface area contributed by atoms with Gasteiger partial charge in [0.15, 0.2) is 0 Å². The van der Waals surface area contributed by atoms with Crippen molar-refractivity contribution in [2.45, 2.75) is 18.4 Å². The van der Waals surface area contributed by atoms with Gasteiger partial charge >= 0.3 is 0 Å². The zero-order valence-corrected chi connectivity index (χ0v) is 17.3. The molecular weight excluding hydrogens is 366 g/mol. The molecule has 3 nitrogen and oxygen atoms in total. The lowest BCUT2D eigenvalue weighted by molar-refractivity contribution is 0.511. The Morgan fingerprint density at radius 2 is 1.27 bits per heavy atom. The highest BCUT2D eigenvalue weighted by Crippen LogP contribution is 2.41. The number of hydrogen-bond donors (Lipinski definition) is 1. The van der Waals surface area contributed by atoms with Crippen molar-refractivity contribution in [2.24, 2.45) is 5.92 Å². The van der Waals surface area contributed by atoms with Gasteiger partial charge in [-0.15, -0.1) is 0 Å². The maximum Gasteiger partial charge on any atom is 0.121 e. The predicted octanol–water partition coefficient (Wildman–Crippen LogP) is 5.05. The van der Waals surface area contributed by atoms with Gasteiger partial charge in [-0.2, -0.15) is 0 Å². The number of nitrogens with zero attached hydrogens (tertiary/aromatic N) is 2. The van der Waals surface area contributed by atoms with E-state index in [4.69, 9.17) is 4.98 Å². The van der Waals surface area contributed by atoms with Gasteiger partial charge in [0.05, 0.1) is 12.0 Å². The number of benzene rings is 3. The Kier molecular flexibility index (Phi) is 4.97. The summed E-state index contributed by atoms with van der Waals surface area (Å²) in [5.74, 6) is 1.04. The molecule has 150 valence electrons. The topological polar surface area (TPSA) is 29.9 Å². The maximum atomic E-state index is 4.91. The van der Waals surface area contributed by atoms with E-state index in [1.807, 2.05) is 6.33 Å². The molecule has 0 spiro atoms. The lowest BCUT2D eigenvalue weighted by Gasteiger charge is -2.37. The van der Waals surface area contributed by atoms with E-state index in [2.05, 4.69) is 114 Å². The number of aromatic nitrogens is 2. The number of hydrogen-bond acceptors (Lipinski definition) is 2. The standard InChI is InChI=1S/C27H27N3/c1-21-17-28-18-25(21)26-19-30(20-29-26)27(22-11-5-2-6-12-22,23-13-7-3-8-14-23)24-15-9-4-10-16-24/h2-16,19-21,25,28H,17-18H2,1H3/t21-,25-/m0/s1. The van der Waals surface area contributed by atoms with Crippen LogP contribution in [0.15, 0.2) is 104 Å². The Morgan fingerprint density at radius 3 is 1.70 bits per heavy atom. The fourth-order valence-electron chi connectivity index (χ4n) is 4.90. The Bertz CT molecular complexity index is 990. The Balaban J connectivity index is 1.78. The Labute approximate surface area is 178 Å². The third-order valence-electron chi connectivity index (χ3n) is 6.46. The van der Waals surface area contributed by atoms with Crippen molar-refractivity contribution in [2.75, 3.05) is 13.1 Å². The van der Waals surface area contributed by atoms with Gasteiger partial charge in [0.25, 0.3) is 0 Å². The lowest BCUT2D eigenvalue weighted by Crippen LogP contribution is -2.37. The molecule has 1 aromatic heterocycles. The zero-order chi connectivity index (χ0) is 20.4. The van der Waals surface area contributed by atoms with E-state index < -0.39 is 5.54 Å². The third-order valence-corrected chi connectivity index (χ3v) is 6.46. The van der Waals surface area contributed by atoms with Gasteiger partial charge in [-0.25, -0.2) is 4.98 Å². The molecule has 0 unspecified atom stereocenters. The summed E-state index contributed by atoms with van der Waals surface area (Å²) in [6, 6.07) is 32.3. The van der Waals surface area contributed by atoms with Crippen LogP contribution in [0.1, 0.15) is 35.2 Å². The van der Waals surface area contributed by atoms with Crippen LogP contribution in [0.4, 0.5) is 0 Å². The van der Waals surface area contributed by atoms with Crippen LogP contribution in [0.2, 0.25) is 0 Å². The van der Waals surface area contributed by atoms with Gasteiger partial charge in [-0.05, 0) is 29.2 Å². The summed E-state index contributed by atoms with van der Waals surface area (Å²) in [4.78, 5) is 4.91. The minimum atomic E-state index is -0.482. The summed E-state index contributed by atoms with van der Waals surface area (Å²) in [6.07, 6.45) is 4.29. The van der Waals surface area contributed by atoms with Crippen LogP contribution in [0, 0.1) is 5.92 Å². The normalized spacial score (nSPS) is 19.1. The molecule has 1 aliphatic rings. The molecule has 1 saturated heterocycles. The third kappa shape index (κ3) is 3.06. The van der Waals surface area contributed by atoms with Crippen LogP contribution in [0.5, 0.6) is 0 Å². The van der Waals surface area contributed by atoms with Gasteiger partial charge in [0.1, 0.15) is 5.54 Å². The van der Waals surface area contributed by atoms with Crippen molar-refractivity contribution in [3.8, 4) is 0 Å². The average molecular weight is 394 g/mol. The van der Waals surface area contributed by atoms with E-state index in [-0.39, 0.29) is 0 Å². The molecule has 1 N–H and O–H groups in total. The van der Waals surface area contributed by atoms with Gasteiger partial charge in [0.2, 0.25) is 0 Å². The molecule has 0 aliphatic carbocycles. The smallest absolute Gasteiger partial charge is 0.121 e. The fraction of sp³-hybridized carbons (Fsp3) is 0.222. The van der Waals surface area contributed by atoms with Gasteiger partial charge in [-0.1, -0.05) is 97.9 Å². The minimum absolute atomic E-state index is 0.450. The average Bonchev–Trinajstić information content (AvgIpc) is 3.46. The van der Waals surface area contributed by atoms with Crippen molar-refractivity contribution in [3.63, 3.8) is 0 Å². The van der Waals surface area contributed by atoms with E-state index in [9.17, 15) is 0 Å². The number of rotatable bonds is 5. The van der Waals surface area contributed by atoms with Crippen LogP contribution in [0.25, 0.3) is 0 Å². The second-order valence-electron chi connectivity index (χ2n) is 8.26. The van der Waals surface area contributed by atoms with Crippen LogP contribution < -0.4 is 5.32 Å². The van der Waals surface area contributed by atoms with E-state index in [0.717, 1.165) is 13.1 Å². The predicted molar refractivity (Wildman–Crippen MR) is 122 cm³/mol. The summed E-state index contributed by atoms with van der Waals surface area (Å²) in [5.41, 5.74) is 4.36. The summed E-state index contributed by atoms with van der Waals surface area (Å²) < 4.78 is 2.31. The van der Waals surface area contributed by atoms with Crippen LogP contribution in [-0.2, 0) is 5.54 Å². The SMILES string of the molecule is C[C@H]1CNC[C@@H]1c1cn(C(c2ccccc2)(c2ccccc2)c2ccccc2)cn1. The van der Waals surface area contributed by atoms with Crippen LogP contribution in [-0.4, -0.2) is 22.6 Å². The minimum Gasteiger partial charge on any atom is -0.319 e. The molecule has 0 saturated carbocycles. The Morgan fingerprint density at radius 1 is 0.767 bits per heavy atom. The highest BCUT2D eigenvalue weighted by molar-refractivity contribution is 5.50. The van der Waals surface area contributed by atoms with Gasteiger partial charge in [0, 0.05) is 18.7 Å². The molecule has 30 heavy (non-hydrogen) atoms. The van der Waals surface area contributed by atoms with Crippen molar-refractivity contribution < 1.29 is 0 Å². The second kappa shape index (κ2) is 7.92. The number of imidazole rings is 1. The highest BCUT2D eigenvalue weighted by Gasteiger charge is 2.39. The monoisotopic (exact) mass is 393 g/mol. The van der Waals surface area contributed by atoms with Crippen LogP contribution >= 0.6 is 0 Å². The molecule has 1 fully saturated rings. The summed E-state index contributed by atoms with van der Waals surface area (Å²) in [7, 11) is 0. The molecule has 5 rings (SSSR count). The van der Waals surface area contributed by atoms with Crippen molar-refractivity contribution >= 4 is 0 Å². The Hall–Kier alpha value is -3.17. The van der Waals surface area contributed by atoms with E-state index in [0.29, 0.717) is 11.8 Å². The molecule has 2 atom stereocenters. The van der Waals surface area contributed by atoms with Gasteiger partial charge < -0.3 is 9.88 Å². The van der Waals surface area contributed by atoms with Crippen molar-refractivity contribution in [3.05, 3.63) is 126 Å². The summed E-state index contributed by atoms with van der Waals surface area (Å²) >= 11 is 0. The quantitative estimate of drug-likeness (QED) is 0.481. The molecule has 1 aliphatic heterocycles. The van der Waals surface area contributed by atoms with Crippen molar-refractivity contribution in [1.29, 1.82) is 0 Å². The maximum absolute atomic E-state index is 4.91. The first-order valence-electron chi connectivity index (χ1n) is 10.7. The molecule has 0 amide bonds. The van der Waals surface area contributed by atoms with Crippen molar-refractivity contribution in [1.82, 2.24) is 14.9 Å². The molecule has 0 bridgehead atoms. The molecule has 0 radical (unpaired) electrons. The zero-order valence-electron chi connectivity index (χ0n) is 17.3. The molecule has 2 heterocycles. The lowest BCUT2D eigenvalue weighted by atomic mass is 9.76. The first-order chi connectivity index (χ1) is 14.8. The second-order valence-corrected chi connectivity index (χ2v) is 8.26. The molecule has 3 aromatic carbocycles. The first-order valence-corrected chi connectivity index (χ1v) is 10.7. The summed E-state index contributed by atoms with van der Waals surface area (Å²) in [5, 5.41) is 3.51. The van der Waals surface area contributed by atoms with Crippen LogP contribution in [0.3, 0.4) is 0 Å². The van der Waals surface area contributed by atoms with Gasteiger partial charge in [-0.3, -0.25) is 0 Å². The largest absolute Gasteiger partial charge is 0.319 e. The van der Waals surface area contributed by atoms with E-state index in [1.54, 1.807) is 0 Å². The molecule has 3 heteroatoms. The first kappa shape index (κ1) is 18.8. The summed E-state index contributed by atoms with van der Waals surface area (Å²) in [6.45, 7) is 4.36.